The molecule has 0 spiro atoms. The smallest absolute Gasteiger partial charge is 0.343 e. The molecule has 0 heterocycles. The molecule has 9 heteroatoms. The van der Waals surface area contributed by atoms with E-state index in [2.05, 4.69) is 10.5 Å². The molecule has 0 aliphatic heterocycles. The van der Waals surface area contributed by atoms with Gasteiger partial charge in [0.15, 0.2) is 6.61 Å². The minimum atomic E-state index is -0.518. The highest BCUT2D eigenvalue weighted by Gasteiger charge is 2.09. The highest BCUT2D eigenvalue weighted by Crippen LogP contribution is 2.31. The standard InChI is InChI=1S/C22H15Cl3N2O4/c23-16-4-1-3-15(11-16)22(29)31-17-9-7-14(8-10-17)12-26-27-20(28)13-30-19-6-2-5-18(24)21(19)25/h1-12H,13H2,(H,27,28)/b26-12-. The number of hydrogen-bond acceptors (Lipinski definition) is 5. The van der Waals surface area contributed by atoms with E-state index in [9.17, 15) is 9.59 Å². The Balaban J connectivity index is 1.48. The van der Waals surface area contributed by atoms with E-state index in [0.29, 0.717) is 32.7 Å². The molecule has 3 aromatic rings. The fraction of sp³-hybridized carbons (Fsp3) is 0.0455. The second-order valence-electron chi connectivity index (χ2n) is 6.10. The maximum absolute atomic E-state index is 12.1. The molecular formula is C22H15Cl3N2O4. The number of hydrazone groups is 1. The van der Waals surface area contributed by atoms with Crippen LogP contribution in [0.1, 0.15) is 15.9 Å². The highest BCUT2D eigenvalue weighted by atomic mass is 35.5. The van der Waals surface area contributed by atoms with Gasteiger partial charge in [0, 0.05) is 5.02 Å². The Morgan fingerprint density at radius 3 is 2.45 bits per heavy atom. The van der Waals surface area contributed by atoms with Gasteiger partial charge in [0.25, 0.3) is 5.91 Å². The van der Waals surface area contributed by atoms with Gasteiger partial charge in [-0.3, -0.25) is 4.79 Å². The zero-order valence-electron chi connectivity index (χ0n) is 15.8. The van der Waals surface area contributed by atoms with E-state index < -0.39 is 11.9 Å². The highest BCUT2D eigenvalue weighted by molar-refractivity contribution is 6.42. The Labute approximate surface area is 193 Å². The Kier molecular flexibility index (Phi) is 7.89. The second-order valence-corrected chi connectivity index (χ2v) is 7.32. The average Bonchev–Trinajstić information content (AvgIpc) is 2.76. The van der Waals surface area contributed by atoms with Gasteiger partial charge in [0.2, 0.25) is 0 Å². The molecule has 0 saturated carbocycles. The van der Waals surface area contributed by atoms with Crippen molar-refractivity contribution < 1.29 is 19.1 Å². The van der Waals surface area contributed by atoms with Crippen molar-refractivity contribution in [2.45, 2.75) is 0 Å². The fourth-order valence-electron chi connectivity index (χ4n) is 2.35. The number of nitrogens with one attached hydrogen (secondary N) is 1. The van der Waals surface area contributed by atoms with Crippen molar-refractivity contribution in [3.8, 4) is 11.5 Å². The van der Waals surface area contributed by atoms with Gasteiger partial charge < -0.3 is 9.47 Å². The molecule has 6 nitrogen and oxygen atoms in total. The van der Waals surface area contributed by atoms with Gasteiger partial charge in [-0.05, 0) is 60.2 Å². The largest absolute Gasteiger partial charge is 0.482 e. The van der Waals surface area contributed by atoms with Crippen molar-refractivity contribution in [3.05, 3.63) is 92.9 Å². The van der Waals surface area contributed by atoms with Crippen LogP contribution in [-0.2, 0) is 4.79 Å². The normalized spacial score (nSPS) is 10.7. The van der Waals surface area contributed by atoms with Gasteiger partial charge in [-0.2, -0.15) is 5.10 Å². The second kappa shape index (κ2) is 10.8. The molecule has 3 aromatic carbocycles. The number of carbonyl (C=O) groups is 2. The third-order valence-electron chi connectivity index (χ3n) is 3.83. The average molecular weight is 478 g/mol. The Morgan fingerprint density at radius 2 is 1.71 bits per heavy atom. The van der Waals surface area contributed by atoms with Crippen molar-refractivity contribution in [1.29, 1.82) is 0 Å². The summed E-state index contributed by atoms with van der Waals surface area (Å²) in [7, 11) is 0. The maximum Gasteiger partial charge on any atom is 0.343 e. The first-order valence-corrected chi connectivity index (χ1v) is 10.0. The molecule has 0 atom stereocenters. The van der Waals surface area contributed by atoms with Crippen LogP contribution in [0.4, 0.5) is 0 Å². The zero-order chi connectivity index (χ0) is 22.2. The molecule has 0 unspecified atom stereocenters. The van der Waals surface area contributed by atoms with Crippen LogP contribution in [0.2, 0.25) is 15.1 Å². The Hall–Kier alpha value is -3.06. The molecule has 0 aliphatic rings. The predicted octanol–water partition coefficient (Wildman–Crippen LogP) is 5.40. The van der Waals surface area contributed by atoms with E-state index in [0.717, 1.165) is 0 Å². The minimum absolute atomic E-state index is 0.233. The maximum atomic E-state index is 12.1. The number of carbonyl (C=O) groups excluding carboxylic acids is 2. The van der Waals surface area contributed by atoms with Crippen molar-refractivity contribution in [2.24, 2.45) is 5.10 Å². The summed E-state index contributed by atoms with van der Waals surface area (Å²) in [6, 6.07) is 17.9. The number of benzene rings is 3. The summed E-state index contributed by atoms with van der Waals surface area (Å²) in [6.07, 6.45) is 1.44. The number of ether oxygens (including phenoxy) is 2. The molecule has 0 fully saturated rings. The molecule has 0 radical (unpaired) electrons. The summed E-state index contributed by atoms with van der Waals surface area (Å²) in [5.41, 5.74) is 3.37. The van der Waals surface area contributed by atoms with Crippen LogP contribution in [0, 0.1) is 0 Å². The summed E-state index contributed by atoms with van der Waals surface area (Å²) in [6.45, 7) is -0.282. The van der Waals surface area contributed by atoms with E-state index in [4.69, 9.17) is 44.3 Å². The van der Waals surface area contributed by atoms with E-state index in [-0.39, 0.29) is 11.6 Å². The van der Waals surface area contributed by atoms with E-state index >= 15 is 0 Å². The minimum Gasteiger partial charge on any atom is -0.482 e. The lowest BCUT2D eigenvalue weighted by Gasteiger charge is -2.07. The first kappa shape index (κ1) is 22.6. The summed E-state index contributed by atoms with van der Waals surface area (Å²) in [5.74, 6) is -0.329. The van der Waals surface area contributed by atoms with Crippen molar-refractivity contribution in [3.63, 3.8) is 0 Å². The molecule has 3 rings (SSSR count). The van der Waals surface area contributed by atoms with Gasteiger partial charge in [-0.25, -0.2) is 10.2 Å². The van der Waals surface area contributed by atoms with Crippen LogP contribution < -0.4 is 14.9 Å². The lowest BCUT2D eigenvalue weighted by Crippen LogP contribution is -2.24. The molecule has 1 N–H and O–H groups in total. The molecule has 0 aliphatic carbocycles. The van der Waals surface area contributed by atoms with Crippen LogP contribution in [-0.4, -0.2) is 24.7 Å². The van der Waals surface area contributed by atoms with Gasteiger partial charge in [0.1, 0.15) is 16.5 Å². The van der Waals surface area contributed by atoms with E-state index in [1.165, 1.54) is 12.3 Å². The van der Waals surface area contributed by atoms with Gasteiger partial charge in [0.05, 0.1) is 16.8 Å². The van der Waals surface area contributed by atoms with Crippen LogP contribution in [0.3, 0.4) is 0 Å². The third-order valence-corrected chi connectivity index (χ3v) is 4.87. The van der Waals surface area contributed by atoms with E-state index in [1.807, 2.05) is 0 Å². The summed E-state index contributed by atoms with van der Waals surface area (Å²) >= 11 is 17.8. The number of nitrogens with zero attached hydrogens (tertiary/aromatic N) is 1. The summed E-state index contributed by atoms with van der Waals surface area (Å²) in [4.78, 5) is 24.0. The number of rotatable bonds is 7. The predicted molar refractivity (Wildman–Crippen MR) is 121 cm³/mol. The van der Waals surface area contributed by atoms with E-state index in [1.54, 1.807) is 60.7 Å². The number of esters is 1. The van der Waals surface area contributed by atoms with Gasteiger partial charge in [-0.1, -0.05) is 46.9 Å². The molecule has 158 valence electrons. The number of halogens is 3. The molecule has 0 saturated heterocycles. The van der Waals surface area contributed by atoms with Gasteiger partial charge >= 0.3 is 5.97 Å². The molecule has 1 amide bonds. The first-order valence-electron chi connectivity index (χ1n) is 8.89. The van der Waals surface area contributed by atoms with Crippen LogP contribution in [0.25, 0.3) is 0 Å². The lowest BCUT2D eigenvalue weighted by atomic mass is 10.2. The number of hydrogen-bond donors (Lipinski definition) is 1. The molecule has 0 aromatic heterocycles. The van der Waals surface area contributed by atoms with Crippen molar-refractivity contribution >= 4 is 52.9 Å². The Morgan fingerprint density at radius 1 is 0.968 bits per heavy atom. The monoisotopic (exact) mass is 476 g/mol. The summed E-state index contributed by atoms with van der Waals surface area (Å²) in [5, 5.41) is 4.87. The zero-order valence-corrected chi connectivity index (χ0v) is 18.1. The SMILES string of the molecule is O=C(COc1cccc(Cl)c1Cl)N/N=C\c1ccc(OC(=O)c2cccc(Cl)c2)cc1. The first-order chi connectivity index (χ1) is 14.9. The van der Waals surface area contributed by atoms with Crippen molar-refractivity contribution in [1.82, 2.24) is 5.43 Å². The summed E-state index contributed by atoms with van der Waals surface area (Å²) < 4.78 is 10.6. The van der Waals surface area contributed by atoms with Crippen molar-refractivity contribution in [2.75, 3.05) is 6.61 Å². The van der Waals surface area contributed by atoms with Crippen LogP contribution >= 0.6 is 34.8 Å². The van der Waals surface area contributed by atoms with Crippen LogP contribution in [0.5, 0.6) is 11.5 Å². The lowest BCUT2D eigenvalue weighted by molar-refractivity contribution is -0.123. The Bertz CT molecular complexity index is 1120. The van der Waals surface area contributed by atoms with Crippen LogP contribution in [0.15, 0.2) is 71.8 Å². The molecule has 0 bridgehead atoms. The topological polar surface area (TPSA) is 77.0 Å². The molecular weight excluding hydrogens is 463 g/mol. The fourth-order valence-corrected chi connectivity index (χ4v) is 2.89. The molecule has 31 heavy (non-hydrogen) atoms. The number of amides is 1. The third kappa shape index (κ3) is 6.72. The quantitative estimate of drug-likeness (QED) is 0.214. The van der Waals surface area contributed by atoms with Gasteiger partial charge in [-0.15, -0.1) is 0 Å².